The quantitative estimate of drug-likeness (QED) is 0.330. The van der Waals surface area contributed by atoms with Crippen molar-refractivity contribution in [2.75, 3.05) is 4.90 Å². The van der Waals surface area contributed by atoms with Crippen molar-refractivity contribution in [3.05, 3.63) is 106 Å². The van der Waals surface area contributed by atoms with E-state index in [1.165, 1.54) is 5.56 Å². The SMILES string of the molecule is O=C1C(=O)N(c2ccc(F)cc2F)C(c2ccccc2)/C1=C(/O)c1ccc2c(c1)CCCC2. The van der Waals surface area contributed by atoms with Gasteiger partial charge in [0, 0.05) is 11.6 Å². The molecular formula is C27H21F2NO3. The highest BCUT2D eigenvalue weighted by molar-refractivity contribution is 6.51. The predicted molar refractivity (Wildman–Crippen MR) is 121 cm³/mol. The van der Waals surface area contributed by atoms with E-state index in [9.17, 15) is 23.5 Å². The van der Waals surface area contributed by atoms with Crippen LogP contribution in [-0.2, 0) is 22.4 Å². The monoisotopic (exact) mass is 445 g/mol. The van der Waals surface area contributed by atoms with Gasteiger partial charge < -0.3 is 5.11 Å². The van der Waals surface area contributed by atoms with E-state index in [1.54, 1.807) is 36.4 Å². The Balaban J connectivity index is 1.70. The summed E-state index contributed by atoms with van der Waals surface area (Å²) in [7, 11) is 0. The number of aliphatic hydroxyl groups excluding tert-OH is 1. The molecule has 1 unspecified atom stereocenters. The molecule has 1 amide bonds. The molecule has 1 aliphatic heterocycles. The second kappa shape index (κ2) is 8.28. The van der Waals surface area contributed by atoms with Crippen LogP contribution in [0.3, 0.4) is 0 Å². The first-order valence-corrected chi connectivity index (χ1v) is 10.9. The summed E-state index contributed by atoms with van der Waals surface area (Å²) in [6.07, 6.45) is 4.01. The van der Waals surface area contributed by atoms with Crippen molar-refractivity contribution < 1.29 is 23.5 Å². The number of Topliss-reactive ketones (excluding diaryl/α,β-unsaturated/α-hetero) is 1. The minimum Gasteiger partial charge on any atom is -0.507 e. The van der Waals surface area contributed by atoms with Crippen molar-refractivity contribution in [3.63, 3.8) is 0 Å². The minimum atomic E-state index is -1.05. The largest absolute Gasteiger partial charge is 0.507 e. The van der Waals surface area contributed by atoms with Crippen molar-refractivity contribution in [1.29, 1.82) is 0 Å². The first-order valence-electron chi connectivity index (χ1n) is 10.9. The average Bonchev–Trinajstić information content (AvgIpc) is 3.09. The Morgan fingerprint density at radius 3 is 2.33 bits per heavy atom. The third-order valence-corrected chi connectivity index (χ3v) is 6.35. The van der Waals surface area contributed by atoms with E-state index in [2.05, 4.69) is 0 Å². The number of anilines is 1. The number of ketones is 1. The summed E-state index contributed by atoms with van der Waals surface area (Å²) >= 11 is 0. The number of carbonyl (C=O) groups excluding carboxylic acids is 2. The summed E-state index contributed by atoms with van der Waals surface area (Å²) in [6, 6.07) is 16.0. The van der Waals surface area contributed by atoms with Crippen LogP contribution < -0.4 is 4.90 Å². The molecule has 1 heterocycles. The summed E-state index contributed by atoms with van der Waals surface area (Å²) in [5.74, 6) is -3.96. The van der Waals surface area contributed by atoms with Crippen LogP contribution in [0.25, 0.3) is 5.76 Å². The van der Waals surface area contributed by atoms with Gasteiger partial charge in [0.2, 0.25) is 0 Å². The molecule has 33 heavy (non-hydrogen) atoms. The van der Waals surface area contributed by atoms with Crippen molar-refractivity contribution in [3.8, 4) is 0 Å². The van der Waals surface area contributed by atoms with E-state index in [1.807, 2.05) is 12.1 Å². The minimum absolute atomic E-state index is 0.120. The number of carbonyl (C=O) groups is 2. The van der Waals surface area contributed by atoms with Gasteiger partial charge in [-0.15, -0.1) is 0 Å². The summed E-state index contributed by atoms with van der Waals surface area (Å²) in [5.41, 5.74) is 2.95. The molecule has 1 fully saturated rings. The standard InChI is InChI=1S/C27H21F2NO3/c28-20-12-13-22(21(29)15-20)30-24(17-7-2-1-3-8-17)23(26(32)27(30)33)25(31)19-11-10-16-6-4-5-9-18(16)14-19/h1-3,7-8,10-15,24,31H,4-6,9H2/b25-23-. The Labute approximate surface area is 189 Å². The van der Waals surface area contributed by atoms with Crippen LogP contribution >= 0.6 is 0 Å². The fraction of sp³-hybridized carbons (Fsp3) is 0.185. The van der Waals surface area contributed by atoms with Crippen LogP contribution in [0.15, 0.2) is 72.3 Å². The molecule has 0 saturated carbocycles. The van der Waals surface area contributed by atoms with Gasteiger partial charge in [0.15, 0.2) is 0 Å². The van der Waals surface area contributed by atoms with Gasteiger partial charge in [-0.05, 0) is 60.6 Å². The van der Waals surface area contributed by atoms with Crippen molar-refractivity contribution in [2.45, 2.75) is 31.7 Å². The summed E-state index contributed by atoms with van der Waals surface area (Å²) in [5, 5.41) is 11.2. The number of aryl methyl sites for hydroxylation is 2. The van der Waals surface area contributed by atoms with E-state index in [0.717, 1.165) is 48.3 Å². The van der Waals surface area contributed by atoms with Gasteiger partial charge >= 0.3 is 0 Å². The maximum absolute atomic E-state index is 14.7. The molecule has 2 aliphatic rings. The van der Waals surface area contributed by atoms with Gasteiger partial charge in [0.05, 0.1) is 17.3 Å². The highest BCUT2D eigenvalue weighted by Crippen LogP contribution is 2.43. The number of hydrogen-bond donors (Lipinski definition) is 1. The van der Waals surface area contributed by atoms with Crippen LogP contribution in [0.1, 0.15) is 41.1 Å². The lowest BCUT2D eigenvalue weighted by molar-refractivity contribution is -0.132. The molecule has 1 saturated heterocycles. The van der Waals surface area contributed by atoms with E-state index < -0.39 is 29.4 Å². The van der Waals surface area contributed by atoms with Crippen molar-refractivity contribution in [2.24, 2.45) is 0 Å². The van der Waals surface area contributed by atoms with Crippen LogP contribution in [0, 0.1) is 11.6 Å². The van der Waals surface area contributed by atoms with Gasteiger partial charge in [0.1, 0.15) is 17.4 Å². The lowest BCUT2D eigenvalue weighted by atomic mass is 9.88. The zero-order chi connectivity index (χ0) is 23.1. The Bertz CT molecular complexity index is 1300. The molecule has 3 aromatic rings. The van der Waals surface area contributed by atoms with Crippen LogP contribution in [-0.4, -0.2) is 16.8 Å². The lowest BCUT2D eigenvalue weighted by Crippen LogP contribution is -2.30. The smallest absolute Gasteiger partial charge is 0.300 e. The molecule has 6 heteroatoms. The van der Waals surface area contributed by atoms with E-state index in [4.69, 9.17) is 0 Å². The second-order valence-electron chi connectivity index (χ2n) is 8.37. The number of nitrogens with zero attached hydrogens (tertiary/aromatic N) is 1. The molecule has 0 bridgehead atoms. The van der Waals surface area contributed by atoms with Crippen molar-refractivity contribution in [1.82, 2.24) is 0 Å². The molecule has 1 atom stereocenters. The summed E-state index contributed by atoms with van der Waals surface area (Å²) < 4.78 is 28.2. The average molecular weight is 445 g/mol. The third-order valence-electron chi connectivity index (χ3n) is 6.35. The molecule has 3 aromatic carbocycles. The normalized spacial score (nSPS) is 19.6. The first-order chi connectivity index (χ1) is 16.0. The second-order valence-corrected chi connectivity index (χ2v) is 8.37. The van der Waals surface area contributed by atoms with E-state index in [0.29, 0.717) is 17.2 Å². The molecule has 1 N–H and O–H groups in total. The number of aliphatic hydroxyl groups is 1. The fourth-order valence-electron chi connectivity index (χ4n) is 4.74. The molecule has 4 nitrogen and oxygen atoms in total. The van der Waals surface area contributed by atoms with Crippen LogP contribution in [0.5, 0.6) is 0 Å². The number of hydrogen-bond acceptors (Lipinski definition) is 3. The molecule has 0 spiro atoms. The summed E-state index contributed by atoms with van der Waals surface area (Å²) in [4.78, 5) is 27.2. The predicted octanol–water partition coefficient (Wildman–Crippen LogP) is 5.47. The Kier molecular flexibility index (Phi) is 5.29. The van der Waals surface area contributed by atoms with E-state index in [-0.39, 0.29) is 17.0 Å². The van der Waals surface area contributed by atoms with Crippen LogP contribution in [0.4, 0.5) is 14.5 Å². The summed E-state index contributed by atoms with van der Waals surface area (Å²) in [6.45, 7) is 0. The number of rotatable bonds is 3. The Morgan fingerprint density at radius 2 is 1.61 bits per heavy atom. The lowest BCUT2D eigenvalue weighted by Gasteiger charge is -2.26. The maximum atomic E-state index is 14.7. The number of fused-ring (bicyclic) bond motifs is 1. The van der Waals surface area contributed by atoms with Gasteiger partial charge in [-0.1, -0.05) is 42.5 Å². The van der Waals surface area contributed by atoms with Gasteiger partial charge in [0.25, 0.3) is 11.7 Å². The van der Waals surface area contributed by atoms with Gasteiger partial charge in [-0.2, -0.15) is 0 Å². The number of halogens is 2. The zero-order valence-corrected chi connectivity index (χ0v) is 17.7. The molecular weight excluding hydrogens is 424 g/mol. The fourth-order valence-corrected chi connectivity index (χ4v) is 4.74. The molecule has 1 aliphatic carbocycles. The first kappa shape index (κ1) is 21.1. The molecule has 5 rings (SSSR count). The topological polar surface area (TPSA) is 57.6 Å². The third kappa shape index (κ3) is 3.61. The Hall–Kier alpha value is -3.80. The van der Waals surface area contributed by atoms with Crippen molar-refractivity contribution >= 4 is 23.1 Å². The highest BCUT2D eigenvalue weighted by Gasteiger charge is 2.47. The number of benzene rings is 3. The van der Waals surface area contributed by atoms with Crippen LogP contribution in [0.2, 0.25) is 0 Å². The van der Waals surface area contributed by atoms with E-state index >= 15 is 0 Å². The molecule has 0 aromatic heterocycles. The Morgan fingerprint density at radius 1 is 0.879 bits per heavy atom. The maximum Gasteiger partial charge on any atom is 0.300 e. The van der Waals surface area contributed by atoms with Gasteiger partial charge in [-0.3, -0.25) is 14.5 Å². The highest BCUT2D eigenvalue weighted by atomic mass is 19.1. The zero-order valence-electron chi connectivity index (χ0n) is 17.7. The number of amides is 1. The van der Waals surface area contributed by atoms with Gasteiger partial charge in [-0.25, -0.2) is 8.78 Å². The molecule has 0 radical (unpaired) electrons. The molecule has 166 valence electrons.